The van der Waals surface area contributed by atoms with Gasteiger partial charge in [-0.2, -0.15) is 5.10 Å². The van der Waals surface area contributed by atoms with Gasteiger partial charge in [0.2, 0.25) is 0 Å². The summed E-state index contributed by atoms with van der Waals surface area (Å²) >= 11 is 0. The second kappa shape index (κ2) is 6.17. The van der Waals surface area contributed by atoms with Gasteiger partial charge in [-0.05, 0) is 34.9 Å². The van der Waals surface area contributed by atoms with Crippen molar-refractivity contribution in [3.8, 4) is 11.1 Å². The number of pyridine rings is 1. The minimum Gasteiger partial charge on any atom is -0.300 e. The summed E-state index contributed by atoms with van der Waals surface area (Å²) in [5, 5.41) is 8.22. The first-order valence-corrected chi connectivity index (χ1v) is 8.60. The molecule has 0 fully saturated rings. The largest absolute Gasteiger partial charge is 0.300 e. The molecule has 6 heteroatoms. The fourth-order valence-corrected chi connectivity index (χ4v) is 3.41. The molecule has 0 aliphatic rings. The fourth-order valence-electron chi connectivity index (χ4n) is 3.41. The molecule has 0 amide bonds. The Morgan fingerprint density at radius 2 is 1.93 bits per heavy atom. The lowest BCUT2D eigenvalue weighted by Crippen LogP contribution is -2.21. The van der Waals surface area contributed by atoms with E-state index < -0.39 is 0 Å². The third kappa shape index (κ3) is 2.67. The Kier molecular flexibility index (Phi) is 3.53. The predicted molar refractivity (Wildman–Crippen MR) is 104 cm³/mol. The second-order valence-corrected chi connectivity index (χ2v) is 6.38. The molecule has 3 aromatic heterocycles. The van der Waals surface area contributed by atoms with Gasteiger partial charge in [-0.1, -0.05) is 30.3 Å². The maximum atomic E-state index is 12.4. The average molecular weight is 353 g/mol. The summed E-state index contributed by atoms with van der Waals surface area (Å²) in [6, 6.07) is 16.1. The highest BCUT2D eigenvalue weighted by Gasteiger charge is 2.08. The van der Waals surface area contributed by atoms with Gasteiger partial charge in [-0.25, -0.2) is 4.98 Å². The Morgan fingerprint density at radius 3 is 2.89 bits per heavy atom. The van der Waals surface area contributed by atoms with Gasteiger partial charge in [0.25, 0.3) is 5.56 Å². The molecule has 0 saturated heterocycles. The highest BCUT2D eigenvalue weighted by Crippen LogP contribution is 2.28. The summed E-state index contributed by atoms with van der Waals surface area (Å²) in [5.41, 5.74) is 5.57. The summed E-state index contributed by atoms with van der Waals surface area (Å²) in [6.45, 7) is 0.457. The van der Waals surface area contributed by atoms with E-state index in [1.165, 1.54) is 6.20 Å². The summed E-state index contributed by atoms with van der Waals surface area (Å²) in [7, 11) is 0. The molecule has 130 valence electrons. The number of aromatic nitrogens is 5. The molecule has 5 rings (SSSR count). The lowest BCUT2D eigenvalue weighted by Gasteiger charge is -2.11. The van der Waals surface area contributed by atoms with Gasteiger partial charge >= 0.3 is 0 Å². The van der Waals surface area contributed by atoms with E-state index in [4.69, 9.17) is 0 Å². The molecule has 3 heterocycles. The van der Waals surface area contributed by atoms with Crippen molar-refractivity contribution in [3.05, 3.63) is 89.2 Å². The molecule has 0 unspecified atom stereocenters. The van der Waals surface area contributed by atoms with Gasteiger partial charge in [0, 0.05) is 11.6 Å². The predicted octanol–water partition coefficient (Wildman–Crippen LogP) is 3.38. The SMILES string of the molecule is O=c1cnc2ccncc2n1Cc1cccc(-c2cccc3[nH]ncc23)c1. The van der Waals surface area contributed by atoms with Crippen LogP contribution in [-0.2, 0) is 6.54 Å². The number of rotatable bonds is 3. The first-order chi connectivity index (χ1) is 13.3. The Morgan fingerprint density at radius 1 is 1.00 bits per heavy atom. The molecular weight excluding hydrogens is 338 g/mol. The Balaban J connectivity index is 1.61. The van der Waals surface area contributed by atoms with E-state index in [-0.39, 0.29) is 5.56 Å². The van der Waals surface area contributed by atoms with Crippen molar-refractivity contribution in [2.75, 3.05) is 0 Å². The normalized spacial score (nSPS) is 11.3. The van der Waals surface area contributed by atoms with Crippen LogP contribution in [0.2, 0.25) is 0 Å². The number of nitrogens with one attached hydrogen (secondary N) is 1. The van der Waals surface area contributed by atoms with E-state index in [1.54, 1.807) is 23.0 Å². The molecule has 5 aromatic rings. The molecule has 6 nitrogen and oxygen atoms in total. The third-order valence-corrected chi connectivity index (χ3v) is 4.71. The zero-order valence-corrected chi connectivity index (χ0v) is 14.3. The van der Waals surface area contributed by atoms with Gasteiger partial charge in [-0.3, -0.25) is 19.4 Å². The Hall–Kier alpha value is -3.80. The molecule has 0 radical (unpaired) electrons. The molecule has 0 spiro atoms. The highest BCUT2D eigenvalue weighted by atomic mass is 16.1. The van der Waals surface area contributed by atoms with Crippen LogP contribution in [-0.4, -0.2) is 24.7 Å². The number of nitrogens with zero attached hydrogens (tertiary/aromatic N) is 4. The van der Waals surface area contributed by atoms with Crippen LogP contribution in [0.1, 0.15) is 5.56 Å². The molecule has 0 bridgehead atoms. The molecule has 2 aromatic carbocycles. The zero-order valence-electron chi connectivity index (χ0n) is 14.3. The van der Waals surface area contributed by atoms with Crippen LogP contribution in [0.5, 0.6) is 0 Å². The van der Waals surface area contributed by atoms with E-state index in [0.717, 1.165) is 38.6 Å². The summed E-state index contributed by atoms with van der Waals surface area (Å²) in [5.74, 6) is 0. The average Bonchev–Trinajstić information content (AvgIpc) is 3.19. The molecule has 0 aliphatic carbocycles. The van der Waals surface area contributed by atoms with Crippen LogP contribution < -0.4 is 5.56 Å². The maximum Gasteiger partial charge on any atom is 0.269 e. The highest BCUT2D eigenvalue weighted by molar-refractivity contribution is 5.94. The number of hydrogen-bond donors (Lipinski definition) is 1. The van der Waals surface area contributed by atoms with Crippen molar-refractivity contribution in [2.24, 2.45) is 0 Å². The van der Waals surface area contributed by atoms with Gasteiger partial charge in [0.05, 0.1) is 41.7 Å². The summed E-state index contributed by atoms with van der Waals surface area (Å²) in [6.07, 6.45) is 6.55. The van der Waals surface area contributed by atoms with E-state index in [1.807, 2.05) is 30.5 Å². The molecule has 0 atom stereocenters. The van der Waals surface area contributed by atoms with E-state index in [9.17, 15) is 4.79 Å². The Labute approximate surface area is 154 Å². The van der Waals surface area contributed by atoms with Crippen LogP contribution in [0, 0.1) is 0 Å². The first kappa shape index (κ1) is 15.5. The molecule has 0 aliphatic heterocycles. The van der Waals surface area contributed by atoms with Gasteiger partial charge < -0.3 is 0 Å². The van der Waals surface area contributed by atoms with Gasteiger partial charge in [0.15, 0.2) is 0 Å². The van der Waals surface area contributed by atoms with E-state index in [0.29, 0.717) is 6.54 Å². The zero-order chi connectivity index (χ0) is 18.2. The third-order valence-electron chi connectivity index (χ3n) is 4.71. The minimum absolute atomic E-state index is 0.141. The lowest BCUT2D eigenvalue weighted by atomic mass is 10.00. The van der Waals surface area contributed by atoms with Crippen molar-refractivity contribution in [2.45, 2.75) is 6.54 Å². The van der Waals surface area contributed by atoms with E-state index >= 15 is 0 Å². The summed E-state index contributed by atoms with van der Waals surface area (Å²) < 4.78 is 1.70. The van der Waals surface area contributed by atoms with Crippen LogP contribution >= 0.6 is 0 Å². The first-order valence-electron chi connectivity index (χ1n) is 8.60. The number of H-pyrrole nitrogens is 1. The fraction of sp³-hybridized carbons (Fsp3) is 0.0476. The smallest absolute Gasteiger partial charge is 0.269 e. The number of hydrogen-bond acceptors (Lipinski definition) is 4. The second-order valence-electron chi connectivity index (χ2n) is 6.38. The topological polar surface area (TPSA) is 76.5 Å². The molecule has 0 saturated carbocycles. The van der Waals surface area contributed by atoms with Crippen molar-refractivity contribution in [1.29, 1.82) is 0 Å². The number of aromatic amines is 1. The van der Waals surface area contributed by atoms with E-state index in [2.05, 4.69) is 38.4 Å². The van der Waals surface area contributed by atoms with Crippen LogP contribution in [0.4, 0.5) is 0 Å². The summed E-state index contributed by atoms with van der Waals surface area (Å²) in [4.78, 5) is 20.7. The van der Waals surface area contributed by atoms with Crippen LogP contribution in [0.3, 0.4) is 0 Å². The van der Waals surface area contributed by atoms with Crippen molar-refractivity contribution >= 4 is 21.9 Å². The van der Waals surface area contributed by atoms with Crippen LogP contribution in [0.15, 0.2) is 78.1 Å². The quantitative estimate of drug-likeness (QED) is 0.539. The Bertz CT molecular complexity index is 1340. The lowest BCUT2D eigenvalue weighted by molar-refractivity contribution is 0.785. The number of benzene rings is 2. The maximum absolute atomic E-state index is 12.4. The monoisotopic (exact) mass is 353 g/mol. The van der Waals surface area contributed by atoms with Gasteiger partial charge in [0.1, 0.15) is 0 Å². The van der Waals surface area contributed by atoms with Crippen LogP contribution in [0.25, 0.3) is 33.1 Å². The minimum atomic E-state index is -0.141. The molecular formula is C21H15N5O. The molecule has 27 heavy (non-hydrogen) atoms. The van der Waals surface area contributed by atoms with Crippen molar-refractivity contribution < 1.29 is 0 Å². The molecule has 1 N–H and O–H groups in total. The van der Waals surface area contributed by atoms with Crippen molar-refractivity contribution in [1.82, 2.24) is 24.7 Å². The van der Waals surface area contributed by atoms with Crippen molar-refractivity contribution in [3.63, 3.8) is 0 Å². The standard InChI is InChI=1S/C21H15N5O/c27-21-12-23-19-7-8-22-11-20(19)26(21)13-14-3-1-4-15(9-14)16-5-2-6-18-17(16)10-24-25-18/h1-12H,13H2,(H,24,25). The van der Waals surface area contributed by atoms with Gasteiger partial charge in [-0.15, -0.1) is 0 Å². The number of fused-ring (bicyclic) bond motifs is 2.